The third-order valence-electron chi connectivity index (χ3n) is 1.67. The van der Waals surface area contributed by atoms with Crippen LogP contribution in [0.25, 0.3) is 0 Å². The molecule has 1 aromatic rings. The van der Waals surface area contributed by atoms with Gasteiger partial charge in [0.25, 0.3) is 0 Å². The average Bonchev–Trinajstić information content (AvgIpc) is 2.14. The van der Waals surface area contributed by atoms with E-state index < -0.39 is 6.10 Å². The molecular formula is C10H10BrNO. The summed E-state index contributed by atoms with van der Waals surface area (Å²) in [4.78, 5) is 3.95. The zero-order chi connectivity index (χ0) is 9.68. The van der Waals surface area contributed by atoms with Crippen molar-refractivity contribution in [2.75, 3.05) is 0 Å². The molecule has 0 saturated carbocycles. The van der Waals surface area contributed by atoms with E-state index in [0.717, 1.165) is 10.0 Å². The minimum absolute atomic E-state index is 0.513. The third kappa shape index (κ3) is 3.17. The first-order valence-corrected chi connectivity index (χ1v) is 4.75. The molecule has 0 spiro atoms. The molecule has 1 atom stereocenters. The number of hydrogen-bond acceptors (Lipinski definition) is 2. The zero-order valence-corrected chi connectivity index (χ0v) is 8.66. The van der Waals surface area contributed by atoms with Gasteiger partial charge >= 0.3 is 0 Å². The van der Waals surface area contributed by atoms with Crippen LogP contribution in [0.5, 0.6) is 0 Å². The molecule has 1 heterocycles. The minimum atomic E-state index is -0.513. The van der Waals surface area contributed by atoms with Crippen LogP contribution in [0.2, 0.25) is 0 Å². The Labute approximate surface area is 86.1 Å². The summed E-state index contributed by atoms with van der Waals surface area (Å²) in [6, 6.07) is 1.84. The van der Waals surface area contributed by atoms with E-state index in [1.54, 1.807) is 12.4 Å². The van der Waals surface area contributed by atoms with Crippen molar-refractivity contribution >= 4 is 15.9 Å². The van der Waals surface area contributed by atoms with Crippen molar-refractivity contribution < 1.29 is 5.11 Å². The van der Waals surface area contributed by atoms with Crippen LogP contribution >= 0.6 is 15.9 Å². The van der Waals surface area contributed by atoms with E-state index in [9.17, 15) is 5.11 Å². The van der Waals surface area contributed by atoms with Gasteiger partial charge < -0.3 is 5.11 Å². The molecule has 0 amide bonds. The standard InChI is InChI=1S/C10H10BrNO/c1-2-3-4-10(13)8-5-9(11)7-12-6-8/h1,5-7,10,13H,3-4H2. The topological polar surface area (TPSA) is 33.1 Å². The Kier molecular flexibility index (Phi) is 3.94. The maximum atomic E-state index is 9.62. The lowest BCUT2D eigenvalue weighted by Crippen LogP contribution is -1.97. The van der Waals surface area contributed by atoms with Gasteiger partial charge in [0.05, 0.1) is 6.10 Å². The summed E-state index contributed by atoms with van der Waals surface area (Å²) in [5, 5.41) is 9.62. The van der Waals surface area contributed by atoms with Gasteiger partial charge in [0.15, 0.2) is 0 Å². The van der Waals surface area contributed by atoms with E-state index in [-0.39, 0.29) is 0 Å². The molecule has 0 aliphatic heterocycles. The van der Waals surface area contributed by atoms with Crippen molar-refractivity contribution in [1.82, 2.24) is 4.98 Å². The number of pyridine rings is 1. The van der Waals surface area contributed by atoms with Gasteiger partial charge in [-0.1, -0.05) is 0 Å². The largest absolute Gasteiger partial charge is 0.388 e. The Morgan fingerprint density at radius 3 is 3.00 bits per heavy atom. The second kappa shape index (κ2) is 5.00. The monoisotopic (exact) mass is 239 g/mol. The van der Waals surface area contributed by atoms with Crippen LogP contribution in [-0.4, -0.2) is 10.1 Å². The second-order valence-electron chi connectivity index (χ2n) is 2.70. The van der Waals surface area contributed by atoms with Crippen LogP contribution in [0, 0.1) is 12.3 Å². The number of terminal acetylenes is 1. The fourth-order valence-electron chi connectivity index (χ4n) is 0.997. The van der Waals surface area contributed by atoms with Crippen molar-refractivity contribution in [3.63, 3.8) is 0 Å². The number of aliphatic hydroxyl groups is 1. The molecule has 0 fully saturated rings. The molecule has 1 unspecified atom stereocenters. The molecule has 1 N–H and O–H groups in total. The molecule has 0 radical (unpaired) electrons. The van der Waals surface area contributed by atoms with Crippen LogP contribution in [-0.2, 0) is 0 Å². The summed E-state index contributed by atoms with van der Waals surface area (Å²) in [6.07, 6.45) is 9.06. The number of halogens is 1. The molecule has 0 saturated heterocycles. The van der Waals surface area contributed by atoms with Crippen LogP contribution in [0.3, 0.4) is 0 Å². The molecule has 0 bridgehead atoms. The van der Waals surface area contributed by atoms with Gasteiger partial charge in [-0.25, -0.2) is 0 Å². The van der Waals surface area contributed by atoms with Crippen molar-refractivity contribution in [2.45, 2.75) is 18.9 Å². The van der Waals surface area contributed by atoms with Gasteiger partial charge in [-0.15, -0.1) is 12.3 Å². The molecule has 13 heavy (non-hydrogen) atoms. The summed E-state index contributed by atoms with van der Waals surface area (Å²) in [5.41, 5.74) is 0.796. The Balaban J connectivity index is 2.66. The number of aliphatic hydroxyl groups excluding tert-OH is 1. The molecule has 0 aliphatic carbocycles. The minimum Gasteiger partial charge on any atom is -0.388 e. The predicted octanol–water partition coefficient (Wildman–Crippen LogP) is 2.29. The number of hydrogen-bond donors (Lipinski definition) is 1. The van der Waals surface area contributed by atoms with Crippen LogP contribution in [0.1, 0.15) is 24.5 Å². The van der Waals surface area contributed by atoms with E-state index in [1.807, 2.05) is 6.07 Å². The van der Waals surface area contributed by atoms with Crippen molar-refractivity contribution in [3.8, 4) is 12.3 Å². The molecule has 2 nitrogen and oxygen atoms in total. The first-order valence-electron chi connectivity index (χ1n) is 3.96. The molecule has 68 valence electrons. The van der Waals surface area contributed by atoms with Crippen LogP contribution in [0.15, 0.2) is 22.9 Å². The zero-order valence-electron chi connectivity index (χ0n) is 7.07. The lowest BCUT2D eigenvalue weighted by Gasteiger charge is -2.08. The predicted molar refractivity (Wildman–Crippen MR) is 55.0 cm³/mol. The summed E-state index contributed by atoms with van der Waals surface area (Å²) in [6.45, 7) is 0. The molecule has 1 rings (SSSR count). The lowest BCUT2D eigenvalue weighted by molar-refractivity contribution is 0.169. The number of aromatic nitrogens is 1. The highest BCUT2D eigenvalue weighted by Gasteiger charge is 2.06. The van der Waals surface area contributed by atoms with Crippen LogP contribution < -0.4 is 0 Å². The highest BCUT2D eigenvalue weighted by molar-refractivity contribution is 9.10. The van der Waals surface area contributed by atoms with E-state index in [0.29, 0.717) is 12.8 Å². The normalized spacial score (nSPS) is 12.1. The van der Waals surface area contributed by atoms with Crippen molar-refractivity contribution in [2.24, 2.45) is 0 Å². The Bertz CT molecular complexity index is 319. The fourth-order valence-corrected chi connectivity index (χ4v) is 1.38. The van der Waals surface area contributed by atoms with Gasteiger partial charge in [0.1, 0.15) is 0 Å². The molecule has 1 aromatic heterocycles. The number of rotatable bonds is 3. The molecule has 0 aliphatic rings. The fraction of sp³-hybridized carbons (Fsp3) is 0.300. The quantitative estimate of drug-likeness (QED) is 0.822. The summed E-state index contributed by atoms with van der Waals surface area (Å²) in [7, 11) is 0. The Hall–Kier alpha value is -0.850. The highest BCUT2D eigenvalue weighted by atomic mass is 79.9. The van der Waals surface area contributed by atoms with Crippen molar-refractivity contribution in [3.05, 3.63) is 28.5 Å². The van der Waals surface area contributed by atoms with E-state index in [2.05, 4.69) is 26.8 Å². The summed E-state index contributed by atoms with van der Waals surface area (Å²) < 4.78 is 0.866. The molecule has 0 aromatic carbocycles. The smallest absolute Gasteiger partial charge is 0.0814 e. The van der Waals surface area contributed by atoms with E-state index >= 15 is 0 Å². The maximum absolute atomic E-state index is 9.62. The highest BCUT2D eigenvalue weighted by Crippen LogP contribution is 2.19. The van der Waals surface area contributed by atoms with Gasteiger partial charge in [-0.2, -0.15) is 0 Å². The summed E-state index contributed by atoms with van der Waals surface area (Å²) >= 11 is 3.28. The molecule has 3 heteroatoms. The van der Waals surface area contributed by atoms with Gasteiger partial charge in [-0.05, 0) is 34.0 Å². The van der Waals surface area contributed by atoms with Gasteiger partial charge in [-0.3, -0.25) is 4.98 Å². The Morgan fingerprint density at radius 1 is 1.62 bits per heavy atom. The lowest BCUT2D eigenvalue weighted by atomic mass is 10.1. The first-order chi connectivity index (χ1) is 6.24. The van der Waals surface area contributed by atoms with Gasteiger partial charge in [0.2, 0.25) is 0 Å². The average molecular weight is 240 g/mol. The third-order valence-corrected chi connectivity index (χ3v) is 2.11. The summed E-state index contributed by atoms with van der Waals surface area (Å²) in [5.74, 6) is 2.49. The van der Waals surface area contributed by atoms with E-state index in [1.165, 1.54) is 0 Å². The van der Waals surface area contributed by atoms with Gasteiger partial charge in [0, 0.05) is 23.3 Å². The van der Waals surface area contributed by atoms with Crippen molar-refractivity contribution in [1.29, 1.82) is 0 Å². The Morgan fingerprint density at radius 2 is 2.38 bits per heavy atom. The maximum Gasteiger partial charge on any atom is 0.0814 e. The SMILES string of the molecule is C#CCCC(O)c1cncc(Br)c1. The number of nitrogens with zero attached hydrogens (tertiary/aromatic N) is 1. The molecular weight excluding hydrogens is 230 g/mol. The second-order valence-corrected chi connectivity index (χ2v) is 3.61. The van der Waals surface area contributed by atoms with E-state index in [4.69, 9.17) is 6.42 Å². The van der Waals surface area contributed by atoms with Crippen LogP contribution in [0.4, 0.5) is 0 Å². The first kappa shape index (κ1) is 10.2.